The van der Waals surface area contributed by atoms with Gasteiger partial charge in [-0.15, -0.1) is 0 Å². The van der Waals surface area contributed by atoms with E-state index < -0.39 is 0 Å². The van der Waals surface area contributed by atoms with Crippen LogP contribution in [0.1, 0.15) is 27.2 Å². The van der Waals surface area contributed by atoms with Gasteiger partial charge in [0.2, 0.25) is 11.8 Å². The van der Waals surface area contributed by atoms with Crippen molar-refractivity contribution in [3.8, 4) is 0 Å². The van der Waals surface area contributed by atoms with Gasteiger partial charge in [0, 0.05) is 19.0 Å². The van der Waals surface area contributed by atoms with Gasteiger partial charge in [-0.3, -0.25) is 9.59 Å². The highest BCUT2D eigenvalue weighted by molar-refractivity contribution is 5.85. The van der Waals surface area contributed by atoms with E-state index in [1.807, 2.05) is 20.8 Å². The summed E-state index contributed by atoms with van der Waals surface area (Å²) in [6.07, 6.45) is 0.648. The van der Waals surface area contributed by atoms with Gasteiger partial charge in [0.15, 0.2) is 0 Å². The third-order valence-corrected chi connectivity index (χ3v) is 2.23. The fraction of sp³-hybridized carbons (Fsp3) is 0.818. The molecule has 0 rings (SSSR count). The fourth-order valence-corrected chi connectivity index (χ4v) is 1.41. The maximum atomic E-state index is 11.7. The van der Waals surface area contributed by atoms with Crippen molar-refractivity contribution < 1.29 is 9.59 Å². The van der Waals surface area contributed by atoms with Gasteiger partial charge in [-0.2, -0.15) is 0 Å². The maximum Gasteiger partial charge on any atom is 0.239 e. The van der Waals surface area contributed by atoms with Crippen LogP contribution < -0.4 is 11.1 Å². The number of rotatable bonds is 6. The molecule has 0 aliphatic heterocycles. The molecule has 0 aliphatic rings. The molecular formula is C11H23N3O2. The number of nitrogens with one attached hydrogen (secondary N) is 1. The third-order valence-electron chi connectivity index (χ3n) is 2.23. The average molecular weight is 229 g/mol. The quantitative estimate of drug-likeness (QED) is 0.671. The molecule has 0 radical (unpaired) electrons. The highest BCUT2D eigenvalue weighted by atomic mass is 16.2. The van der Waals surface area contributed by atoms with Crippen molar-refractivity contribution in [1.29, 1.82) is 0 Å². The van der Waals surface area contributed by atoms with E-state index in [1.165, 1.54) is 4.90 Å². The Hall–Kier alpha value is -1.10. The van der Waals surface area contributed by atoms with Gasteiger partial charge in [0.25, 0.3) is 0 Å². The molecule has 0 heterocycles. The van der Waals surface area contributed by atoms with E-state index in [4.69, 9.17) is 5.73 Å². The van der Waals surface area contributed by atoms with E-state index in [-0.39, 0.29) is 30.3 Å². The molecule has 5 heteroatoms. The summed E-state index contributed by atoms with van der Waals surface area (Å²) in [5, 5.41) is 2.74. The topological polar surface area (TPSA) is 75.4 Å². The standard InChI is InChI=1S/C11H23N3O2/c1-8(2)13-10(15)7-14(4)11(16)9(3)5-6-12/h8-9H,5-7,12H2,1-4H3,(H,13,15). The minimum Gasteiger partial charge on any atom is -0.352 e. The first-order valence-corrected chi connectivity index (χ1v) is 5.62. The van der Waals surface area contributed by atoms with Gasteiger partial charge in [0.1, 0.15) is 0 Å². The fourth-order valence-electron chi connectivity index (χ4n) is 1.41. The Morgan fingerprint density at radius 1 is 1.31 bits per heavy atom. The van der Waals surface area contributed by atoms with Crippen LogP contribution in [0.5, 0.6) is 0 Å². The molecule has 0 spiro atoms. The Kier molecular flexibility index (Phi) is 6.72. The van der Waals surface area contributed by atoms with Crippen LogP contribution in [-0.4, -0.2) is 42.9 Å². The first-order chi connectivity index (χ1) is 7.38. The SMILES string of the molecule is CC(C)NC(=O)CN(C)C(=O)C(C)CCN. The van der Waals surface area contributed by atoms with Crippen LogP contribution in [0.3, 0.4) is 0 Å². The van der Waals surface area contributed by atoms with Crippen molar-refractivity contribution >= 4 is 11.8 Å². The summed E-state index contributed by atoms with van der Waals surface area (Å²) in [5.41, 5.74) is 5.38. The predicted octanol–water partition coefficient (Wildman–Crippen LogP) is -0.0457. The summed E-state index contributed by atoms with van der Waals surface area (Å²) in [6, 6.07) is 0.0949. The lowest BCUT2D eigenvalue weighted by Gasteiger charge is -2.21. The van der Waals surface area contributed by atoms with Gasteiger partial charge in [0.05, 0.1) is 6.54 Å². The Bertz CT molecular complexity index is 241. The van der Waals surface area contributed by atoms with Crippen molar-refractivity contribution in [2.45, 2.75) is 33.2 Å². The summed E-state index contributed by atoms with van der Waals surface area (Å²) < 4.78 is 0. The Morgan fingerprint density at radius 2 is 1.88 bits per heavy atom. The van der Waals surface area contributed by atoms with Crippen molar-refractivity contribution in [2.75, 3.05) is 20.1 Å². The van der Waals surface area contributed by atoms with E-state index in [0.717, 1.165) is 0 Å². The molecule has 1 atom stereocenters. The smallest absolute Gasteiger partial charge is 0.239 e. The maximum absolute atomic E-state index is 11.7. The lowest BCUT2D eigenvalue weighted by Crippen LogP contribution is -2.42. The van der Waals surface area contributed by atoms with Crippen molar-refractivity contribution in [1.82, 2.24) is 10.2 Å². The summed E-state index contributed by atoms with van der Waals surface area (Å²) in [4.78, 5) is 24.6. The molecule has 94 valence electrons. The molecule has 1 unspecified atom stereocenters. The monoisotopic (exact) mass is 229 g/mol. The van der Waals surface area contributed by atoms with Crippen molar-refractivity contribution in [3.63, 3.8) is 0 Å². The number of carbonyl (C=O) groups excluding carboxylic acids is 2. The molecule has 3 N–H and O–H groups in total. The highest BCUT2D eigenvalue weighted by Crippen LogP contribution is 2.04. The second-order valence-corrected chi connectivity index (χ2v) is 4.39. The molecule has 0 aromatic rings. The Labute approximate surface area is 97.4 Å². The summed E-state index contributed by atoms with van der Waals surface area (Å²) >= 11 is 0. The summed E-state index contributed by atoms with van der Waals surface area (Å²) in [7, 11) is 1.63. The number of likely N-dealkylation sites (N-methyl/N-ethyl adjacent to an activating group) is 1. The first-order valence-electron chi connectivity index (χ1n) is 5.62. The zero-order valence-corrected chi connectivity index (χ0v) is 10.6. The van der Waals surface area contributed by atoms with Crippen LogP contribution in [0, 0.1) is 5.92 Å². The minimum absolute atomic E-state index is 0.0376. The number of amides is 2. The first kappa shape index (κ1) is 14.9. The van der Waals surface area contributed by atoms with Gasteiger partial charge in [-0.05, 0) is 26.8 Å². The molecule has 0 aliphatic carbocycles. The Balaban J connectivity index is 4.09. The third kappa shape index (κ3) is 5.70. The van der Waals surface area contributed by atoms with E-state index >= 15 is 0 Å². The molecule has 0 aromatic carbocycles. The number of nitrogens with two attached hydrogens (primary N) is 1. The van der Waals surface area contributed by atoms with Gasteiger partial charge >= 0.3 is 0 Å². The number of nitrogens with zero attached hydrogens (tertiary/aromatic N) is 1. The second kappa shape index (κ2) is 7.22. The van der Waals surface area contributed by atoms with Crippen LogP contribution in [0.2, 0.25) is 0 Å². The number of hydrogen-bond donors (Lipinski definition) is 2. The summed E-state index contributed by atoms with van der Waals surface area (Å²) in [5.74, 6) is -0.294. The number of carbonyl (C=O) groups is 2. The normalized spacial score (nSPS) is 12.4. The lowest BCUT2D eigenvalue weighted by molar-refractivity contribution is -0.137. The molecule has 0 saturated carbocycles. The second-order valence-electron chi connectivity index (χ2n) is 4.39. The lowest BCUT2D eigenvalue weighted by atomic mass is 10.1. The molecular weight excluding hydrogens is 206 g/mol. The Morgan fingerprint density at radius 3 is 2.31 bits per heavy atom. The molecule has 5 nitrogen and oxygen atoms in total. The summed E-state index contributed by atoms with van der Waals surface area (Å²) in [6.45, 7) is 6.18. The van der Waals surface area contributed by atoms with Crippen molar-refractivity contribution in [2.24, 2.45) is 11.7 Å². The molecule has 0 saturated heterocycles. The zero-order valence-electron chi connectivity index (χ0n) is 10.6. The molecule has 16 heavy (non-hydrogen) atoms. The van der Waals surface area contributed by atoms with E-state index in [9.17, 15) is 9.59 Å². The largest absolute Gasteiger partial charge is 0.352 e. The molecule has 0 bridgehead atoms. The van der Waals surface area contributed by atoms with Gasteiger partial charge < -0.3 is 16.0 Å². The van der Waals surface area contributed by atoms with Crippen molar-refractivity contribution in [3.05, 3.63) is 0 Å². The number of hydrogen-bond acceptors (Lipinski definition) is 3. The van der Waals surface area contributed by atoms with Crippen LogP contribution in [0.25, 0.3) is 0 Å². The van der Waals surface area contributed by atoms with Crippen LogP contribution >= 0.6 is 0 Å². The average Bonchev–Trinajstić information content (AvgIpc) is 2.15. The van der Waals surface area contributed by atoms with E-state index in [2.05, 4.69) is 5.32 Å². The van der Waals surface area contributed by atoms with Gasteiger partial charge in [-0.1, -0.05) is 6.92 Å². The zero-order chi connectivity index (χ0) is 12.7. The van der Waals surface area contributed by atoms with Crippen LogP contribution in [0.15, 0.2) is 0 Å². The van der Waals surface area contributed by atoms with Gasteiger partial charge in [-0.25, -0.2) is 0 Å². The molecule has 0 aromatic heterocycles. The van der Waals surface area contributed by atoms with Crippen LogP contribution in [0.4, 0.5) is 0 Å². The van der Waals surface area contributed by atoms with E-state index in [1.54, 1.807) is 7.05 Å². The predicted molar refractivity (Wildman–Crippen MR) is 63.8 cm³/mol. The minimum atomic E-state index is -0.134. The van der Waals surface area contributed by atoms with Crippen LogP contribution in [-0.2, 0) is 9.59 Å². The molecule has 2 amide bonds. The molecule has 0 fully saturated rings. The highest BCUT2D eigenvalue weighted by Gasteiger charge is 2.18. The van der Waals surface area contributed by atoms with E-state index in [0.29, 0.717) is 13.0 Å².